The topological polar surface area (TPSA) is 44.0 Å². The van der Waals surface area contributed by atoms with E-state index >= 15 is 0 Å². The van der Waals surface area contributed by atoms with Crippen molar-refractivity contribution in [2.24, 2.45) is 0 Å². The molecule has 1 aromatic rings. The van der Waals surface area contributed by atoms with Crippen molar-refractivity contribution in [2.45, 2.75) is 6.61 Å². The molecule has 1 aromatic carbocycles. The molecule has 64 valence electrons. The van der Waals surface area contributed by atoms with E-state index in [1.165, 1.54) is 0 Å². The summed E-state index contributed by atoms with van der Waals surface area (Å²) in [5.74, 6) is 4.83. The lowest BCUT2D eigenvalue weighted by Crippen LogP contribution is -1.85. The van der Waals surface area contributed by atoms with Gasteiger partial charge in [-0.2, -0.15) is 5.26 Å². The second kappa shape index (κ2) is 4.52. The Morgan fingerprint density at radius 2 is 2.23 bits per heavy atom. The molecular formula is C10H6ClNO. The van der Waals surface area contributed by atoms with Crippen LogP contribution < -0.4 is 0 Å². The number of rotatable bonds is 1. The zero-order valence-electron chi connectivity index (χ0n) is 6.71. The van der Waals surface area contributed by atoms with E-state index in [1.807, 2.05) is 0 Å². The molecule has 0 saturated heterocycles. The Bertz CT molecular complexity index is 409. The third kappa shape index (κ3) is 2.49. The van der Waals surface area contributed by atoms with Gasteiger partial charge in [-0.1, -0.05) is 17.7 Å². The zero-order chi connectivity index (χ0) is 9.68. The Balaban J connectivity index is 3.13. The summed E-state index contributed by atoms with van der Waals surface area (Å²) in [7, 11) is 0. The number of halogens is 1. The maximum absolute atomic E-state index is 8.82. The fourth-order valence-electron chi connectivity index (χ4n) is 0.862. The van der Waals surface area contributed by atoms with Crippen molar-refractivity contribution < 1.29 is 5.11 Å². The quantitative estimate of drug-likeness (QED) is 0.687. The van der Waals surface area contributed by atoms with E-state index in [0.717, 1.165) is 5.56 Å². The summed E-state index contributed by atoms with van der Waals surface area (Å²) in [6.45, 7) is -0.0571. The number of benzene rings is 1. The summed E-state index contributed by atoms with van der Waals surface area (Å²) < 4.78 is 0. The Labute approximate surface area is 81.4 Å². The molecule has 0 saturated carbocycles. The van der Waals surface area contributed by atoms with Crippen LogP contribution in [-0.4, -0.2) is 5.11 Å². The summed E-state index contributed by atoms with van der Waals surface area (Å²) in [5, 5.41) is 17.5. The van der Waals surface area contributed by atoms with E-state index in [-0.39, 0.29) is 6.61 Å². The van der Waals surface area contributed by atoms with Crippen molar-refractivity contribution in [3.8, 4) is 17.9 Å². The molecule has 0 heterocycles. The van der Waals surface area contributed by atoms with E-state index in [0.29, 0.717) is 10.6 Å². The predicted molar refractivity (Wildman–Crippen MR) is 49.9 cm³/mol. The molecule has 0 aliphatic heterocycles. The van der Waals surface area contributed by atoms with Crippen molar-refractivity contribution in [2.75, 3.05) is 0 Å². The Morgan fingerprint density at radius 3 is 2.85 bits per heavy atom. The molecule has 0 unspecified atom stereocenters. The van der Waals surface area contributed by atoms with Crippen LogP contribution in [0.15, 0.2) is 18.2 Å². The molecule has 3 heteroatoms. The van der Waals surface area contributed by atoms with Gasteiger partial charge in [0.2, 0.25) is 0 Å². The van der Waals surface area contributed by atoms with Gasteiger partial charge in [-0.25, -0.2) is 0 Å². The largest absolute Gasteiger partial charge is 0.392 e. The molecule has 1 N–H and O–H groups in total. The molecule has 0 amide bonds. The maximum Gasteiger partial charge on any atom is 0.152 e. The van der Waals surface area contributed by atoms with Gasteiger partial charge in [-0.3, -0.25) is 0 Å². The van der Waals surface area contributed by atoms with Gasteiger partial charge in [0.05, 0.1) is 11.6 Å². The minimum absolute atomic E-state index is 0.0571. The summed E-state index contributed by atoms with van der Waals surface area (Å²) in [5.41, 5.74) is 1.29. The van der Waals surface area contributed by atoms with Gasteiger partial charge < -0.3 is 5.11 Å². The lowest BCUT2D eigenvalue weighted by molar-refractivity contribution is 0.282. The van der Waals surface area contributed by atoms with Gasteiger partial charge >= 0.3 is 0 Å². The van der Waals surface area contributed by atoms with E-state index in [9.17, 15) is 0 Å². The van der Waals surface area contributed by atoms with Crippen LogP contribution >= 0.6 is 11.6 Å². The van der Waals surface area contributed by atoms with Gasteiger partial charge in [-0.05, 0) is 23.6 Å². The average Bonchev–Trinajstić information content (AvgIpc) is 2.17. The number of hydrogen-bond donors (Lipinski definition) is 1. The summed E-state index contributed by atoms with van der Waals surface area (Å²) in [4.78, 5) is 0. The Morgan fingerprint density at radius 1 is 1.46 bits per heavy atom. The minimum Gasteiger partial charge on any atom is -0.392 e. The van der Waals surface area contributed by atoms with Gasteiger partial charge in [0.15, 0.2) is 6.07 Å². The number of aliphatic hydroxyl groups is 1. The van der Waals surface area contributed by atoms with Crippen LogP contribution in [0.25, 0.3) is 0 Å². The van der Waals surface area contributed by atoms with Crippen LogP contribution in [0.5, 0.6) is 0 Å². The molecule has 0 spiro atoms. The molecule has 0 aliphatic carbocycles. The monoisotopic (exact) mass is 191 g/mol. The molecule has 1 rings (SSSR count). The normalized spacial score (nSPS) is 8.38. The van der Waals surface area contributed by atoms with E-state index < -0.39 is 0 Å². The Hall–Kier alpha value is -1.48. The highest BCUT2D eigenvalue weighted by Gasteiger charge is 1.97. The second-order valence-electron chi connectivity index (χ2n) is 2.33. The molecule has 0 radical (unpaired) electrons. The molecule has 13 heavy (non-hydrogen) atoms. The van der Waals surface area contributed by atoms with Crippen molar-refractivity contribution in [1.82, 2.24) is 0 Å². The van der Waals surface area contributed by atoms with Crippen LogP contribution in [0.1, 0.15) is 11.1 Å². The van der Waals surface area contributed by atoms with Crippen molar-refractivity contribution >= 4 is 11.6 Å². The van der Waals surface area contributed by atoms with E-state index in [2.05, 4.69) is 11.8 Å². The summed E-state index contributed by atoms with van der Waals surface area (Å²) >= 11 is 5.80. The predicted octanol–water partition coefficient (Wildman–Crippen LogP) is 1.71. The first-order valence-electron chi connectivity index (χ1n) is 3.57. The molecule has 2 nitrogen and oxygen atoms in total. The third-order valence-electron chi connectivity index (χ3n) is 1.47. The van der Waals surface area contributed by atoms with Crippen LogP contribution in [0.2, 0.25) is 5.02 Å². The number of aliphatic hydroxyl groups excluding tert-OH is 1. The van der Waals surface area contributed by atoms with Crippen LogP contribution in [0.4, 0.5) is 0 Å². The molecule has 0 aliphatic rings. The molecule has 0 atom stereocenters. The second-order valence-corrected chi connectivity index (χ2v) is 2.74. The lowest BCUT2D eigenvalue weighted by atomic mass is 10.1. The lowest BCUT2D eigenvalue weighted by Gasteiger charge is -1.98. The highest BCUT2D eigenvalue weighted by molar-refractivity contribution is 6.31. The first-order chi connectivity index (χ1) is 6.27. The zero-order valence-corrected chi connectivity index (χ0v) is 7.47. The average molecular weight is 192 g/mol. The summed E-state index contributed by atoms with van der Waals surface area (Å²) in [6, 6.07) is 6.71. The molecule has 0 fully saturated rings. The molecule has 0 aromatic heterocycles. The van der Waals surface area contributed by atoms with Crippen LogP contribution in [0, 0.1) is 23.2 Å². The van der Waals surface area contributed by atoms with E-state index in [1.54, 1.807) is 24.3 Å². The van der Waals surface area contributed by atoms with Crippen LogP contribution in [-0.2, 0) is 6.61 Å². The smallest absolute Gasteiger partial charge is 0.152 e. The minimum atomic E-state index is -0.0571. The van der Waals surface area contributed by atoms with Crippen LogP contribution in [0.3, 0.4) is 0 Å². The highest BCUT2D eigenvalue weighted by Crippen LogP contribution is 2.16. The van der Waals surface area contributed by atoms with Gasteiger partial charge in [0, 0.05) is 11.5 Å². The maximum atomic E-state index is 8.82. The standard InChI is InChI=1S/C10H6ClNO/c11-10-4-3-8(7-13)6-9(10)2-1-5-12/h3-4,6,13H,7H2. The fraction of sp³-hybridized carbons (Fsp3) is 0.100. The molecule has 0 bridgehead atoms. The first-order valence-corrected chi connectivity index (χ1v) is 3.95. The molecular weight excluding hydrogens is 186 g/mol. The summed E-state index contributed by atoms with van der Waals surface area (Å²) in [6.07, 6.45) is 0. The SMILES string of the molecule is N#CC#Cc1cc(CO)ccc1Cl. The van der Waals surface area contributed by atoms with Crippen molar-refractivity contribution in [3.63, 3.8) is 0 Å². The first kappa shape index (κ1) is 9.61. The van der Waals surface area contributed by atoms with Gasteiger partial charge in [0.1, 0.15) is 0 Å². The number of nitrogens with zero attached hydrogens (tertiary/aromatic N) is 1. The number of nitriles is 1. The van der Waals surface area contributed by atoms with Crippen molar-refractivity contribution in [1.29, 1.82) is 5.26 Å². The Kier molecular flexibility index (Phi) is 3.34. The highest BCUT2D eigenvalue weighted by atomic mass is 35.5. The van der Waals surface area contributed by atoms with E-state index in [4.69, 9.17) is 22.0 Å². The fourth-order valence-corrected chi connectivity index (χ4v) is 1.03. The number of hydrogen-bond acceptors (Lipinski definition) is 2. The van der Waals surface area contributed by atoms with Crippen molar-refractivity contribution in [3.05, 3.63) is 34.3 Å². The van der Waals surface area contributed by atoms with Gasteiger partial charge in [-0.15, -0.1) is 0 Å². The van der Waals surface area contributed by atoms with Gasteiger partial charge in [0.25, 0.3) is 0 Å². The third-order valence-corrected chi connectivity index (χ3v) is 1.80.